The molecule has 5 heteroatoms. The lowest BCUT2D eigenvalue weighted by atomic mass is 9.80. The zero-order valence-electron chi connectivity index (χ0n) is 14.7. The molecule has 1 aliphatic carbocycles. The number of imide groups is 1. The zero-order valence-corrected chi connectivity index (χ0v) is 14.7. The summed E-state index contributed by atoms with van der Waals surface area (Å²) in [5, 5.41) is 0. The molecule has 0 N–H and O–H groups in total. The third kappa shape index (κ3) is 2.48. The number of aryl methyl sites for hydroxylation is 1. The van der Waals surface area contributed by atoms with Crippen molar-refractivity contribution >= 4 is 17.7 Å². The van der Waals surface area contributed by atoms with Crippen LogP contribution >= 0.6 is 0 Å². The number of rotatable bonds is 2. The Bertz CT molecular complexity index is 744. The Morgan fingerprint density at radius 1 is 1.24 bits per heavy atom. The lowest BCUT2D eigenvalue weighted by Crippen LogP contribution is -2.49. The first-order valence-corrected chi connectivity index (χ1v) is 9.25. The van der Waals surface area contributed by atoms with Gasteiger partial charge in [0.1, 0.15) is 6.54 Å². The number of carbonyl (C=O) groups is 3. The van der Waals surface area contributed by atoms with E-state index in [-0.39, 0.29) is 36.7 Å². The maximum absolute atomic E-state index is 13.1. The summed E-state index contributed by atoms with van der Waals surface area (Å²) in [5.74, 6) is -0.489. The molecule has 4 rings (SSSR count). The van der Waals surface area contributed by atoms with E-state index in [1.165, 1.54) is 4.90 Å². The average Bonchev–Trinajstić information content (AvgIpc) is 3.09. The molecule has 25 heavy (non-hydrogen) atoms. The van der Waals surface area contributed by atoms with Gasteiger partial charge in [0.05, 0.1) is 5.41 Å². The number of nitrogens with zero attached hydrogens (tertiary/aromatic N) is 2. The van der Waals surface area contributed by atoms with E-state index in [2.05, 4.69) is 0 Å². The summed E-state index contributed by atoms with van der Waals surface area (Å²) < 4.78 is 0. The number of fused-ring (bicyclic) bond motifs is 2. The van der Waals surface area contributed by atoms with Crippen molar-refractivity contribution < 1.29 is 14.4 Å². The predicted octanol–water partition coefficient (Wildman–Crippen LogP) is 2.03. The Morgan fingerprint density at radius 3 is 2.84 bits per heavy atom. The van der Waals surface area contributed by atoms with Gasteiger partial charge in [0, 0.05) is 19.0 Å². The molecule has 5 nitrogen and oxygen atoms in total. The van der Waals surface area contributed by atoms with Crippen LogP contribution in [0.2, 0.25) is 0 Å². The summed E-state index contributed by atoms with van der Waals surface area (Å²) in [5.41, 5.74) is 1.40. The van der Waals surface area contributed by atoms with Crippen LogP contribution in [0.3, 0.4) is 0 Å². The Hall–Kier alpha value is -2.17. The van der Waals surface area contributed by atoms with Crippen molar-refractivity contribution in [3.05, 3.63) is 35.4 Å². The van der Waals surface area contributed by atoms with Crippen molar-refractivity contribution in [1.82, 2.24) is 9.80 Å². The molecule has 1 aromatic rings. The minimum absolute atomic E-state index is 0.0998. The molecule has 3 aliphatic rings. The van der Waals surface area contributed by atoms with Crippen molar-refractivity contribution in [3.8, 4) is 0 Å². The van der Waals surface area contributed by atoms with Gasteiger partial charge in [-0.3, -0.25) is 19.3 Å². The van der Waals surface area contributed by atoms with Crippen LogP contribution in [0.15, 0.2) is 24.3 Å². The van der Waals surface area contributed by atoms with Crippen LogP contribution < -0.4 is 0 Å². The molecule has 2 fully saturated rings. The minimum atomic E-state index is -0.735. The minimum Gasteiger partial charge on any atom is -0.338 e. The molecule has 1 spiro atoms. The van der Waals surface area contributed by atoms with E-state index >= 15 is 0 Å². The highest BCUT2D eigenvalue weighted by Crippen LogP contribution is 2.46. The topological polar surface area (TPSA) is 57.7 Å². The molecule has 1 aromatic carbocycles. The van der Waals surface area contributed by atoms with Gasteiger partial charge >= 0.3 is 0 Å². The molecule has 0 radical (unpaired) electrons. The molecular formula is C20H24N2O3. The van der Waals surface area contributed by atoms with Gasteiger partial charge in [-0.05, 0) is 50.2 Å². The van der Waals surface area contributed by atoms with Gasteiger partial charge in [0.2, 0.25) is 17.7 Å². The van der Waals surface area contributed by atoms with Crippen LogP contribution in [-0.4, -0.2) is 46.7 Å². The first kappa shape index (κ1) is 16.3. The zero-order chi connectivity index (χ0) is 17.6. The van der Waals surface area contributed by atoms with Gasteiger partial charge in [-0.25, -0.2) is 0 Å². The summed E-state index contributed by atoms with van der Waals surface area (Å²) in [6.07, 6.45) is 4.81. The van der Waals surface area contributed by atoms with Crippen LogP contribution in [-0.2, 0) is 26.2 Å². The number of hydrogen-bond donors (Lipinski definition) is 0. The van der Waals surface area contributed by atoms with E-state index < -0.39 is 5.41 Å². The van der Waals surface area contributed by atoms with E-state index in [0.717, 1.165) is 43.4 Å². The summed E-state index contributed by atoms with van der Waals surface area (Å²) >= 11 is 0. The second kappa shape index (κ2) is 5.97. The molecular weight excluding hydrogens is 316 g/mol. The van der Waals surface area contributed by atoms with Crippen molar-refractivity contribution in [2.45, 2.75) is 56.9 Å². The van der Waals surface area contributed by atoms with E-state index in [4.69, 9.17) is 0 Å². The quantitative estimate of drug-likeness (QED) is 0.774. The van der Waals surface area contributed by atoms with Crippen LogP contribution in [0.25, 0.3) is 0 Å². The van der Waals surface area contributed by atoms with Gasteiger partial charge in [-0.2, -0.15) is 0 Å². The van der Waals surface area contributed by atoms with E-state index in [1.807, 2.05) is 36.1 Å². The third-order valence-corrected chi connectivity index (χ3v) is 6.18. The Balaban J connectivity index is 1.56. The van der Waals surface area contributed by atoms with E-state index in [9.17, 15) is 14.4 Å². The third-order valence-electron chi connectivity index (χ3n) is 6.18. The first-order chi connectivity index (χ1) is 12.0. The summed E-state index contributed by atoms with van der Waals surface area (Å²) in [4.78, 5) is 41.5. The van der Waals surface area contributed by atoms with Crippen LogP contribution in [0.5, 0.6) is 0 Å². The fourth-order valence-corrected chi connectivity index (χ4v) is 4.75. The van der Waals surface area contributed by atoms with Crippen molar-refractivity contribution in [2.75, 3.05) is 13.1 Å². The number of piperidine rings is 1. The fourth-order valence-electron chi connectivity index (χ4n) is 4.75. The maximum atomic E-state index is 13.1. The monoisotopic (exact) mass is 340 g/mol. The number of likely N-dealkylation sites (tertiary alicyclic amines) is 2. The van der Waals surface area contributed by atoms with Gasteiger partial charge in [0.25, 0.3) is 0 Å². The molecule has 2 heterocycles. The fraction of sp³-hybridized carbons (Fsp3) is 0.550. The molecule has 0 aromatic heterocycles. The summed E-state index contributed by atoms with van der Waals surface area (Å²) in [6.45, 7) is 2.66. The molecule has 0 saturated carbocycles. The van der Waals surface area contributed by atoms with E-state index in [1.54, 1.807) is 0 Å². The highest BCUT2D eigenvalue weighted by Gasteiger charge is 2.55. The highest BCUT2D eigenvalue weighted by molar-refractivity contribution is 6.11. The number of carbonyl (C=O) groups excluding carboxylic acids is 3. The van der Waals surface area contributed by atoms with Crippen LogP contribution in [0.1, 0.15) is 50.2 Å². The summed E-state index contributed by atoms with van der Waals surface area (Å²) in [6, 6.07) is 8.08. The van der Waals surface area contributed by atoms with Gasteiger partial charge in [-0.1, -0.05) is 24.3 Å². The molecule has 132 valence electrons. The largest absolute Gasteiger partial charge is 0.338 e. The number of hydrogen-bond acceptors (Lipinski definition) is 3. The SMILES string of the molecule is C[C@@H]1CCCCN1C(=O)CN1C(=O)C[C@]2(CCc3ccccc32)C1=O. The summed E-state index contributed by atoms with van der Waals surface area (Å²) in [7, 11) is 0. The second-order valence-electron chi connectivity index (χ2n) is 7.63. The molecule has 0 unspecified atom stereocenters. The standard InChI is InChI=1S/C20H24N2O3/c1-14-6-4-5-11-21(14)18(24)13-22-17(23)12-20(19(22)25)10-9-15-7-2-3-8-16(15)20/h2-3,7-8,14H,4-6,9-13H2,1H3/t14-,20+/m1/s1. The van der Waals surface area contributed by atoms with Gasteiger partial charge < -0.3 is 4.90 Å². The maximum Gasteiger partial charge on any atom is 0.242 e. The van der Waals surface area contributed by atoms with Crippen molar-refractivity contribution in [1.29, 1.82) is 0 Å². The Labute approximate surface area is 148 Å². The molecule has 2 atom stereocenters. The van der Waals surface area contributed by atoms with E-state index in [0.29, 0.717) is 6.42 Å². The second-order valence-corrected chi connectivity index (χ2v) is 7.63. The highest BCUT2D eigenvalue weighted by atomic mass is 16.2. The first-order valence-electron chi connectivity index (χ1n) is 9.25. The lowest BCUT2D eigenvalue weighted by Gasteiger charge is -2.34. The van der Waals surface area contributed by atoms with Gasteiger partial charge in [0.15, 0.2) is 0 Å². The normalized spacial score (nSPS) is 28.8. The molecule has 2 aliphatic heterocycles. The molecule has 2 saturated heterocycles. The smallest absolute Gasteiger partial charge is 0.242 e. The Kier molecular flexibility index (Phi) is 3.89. The molecule has 3 amide bonds. The number of benzene rings is 1. The predicted molar refractivity (Wildman–Crippen MR) is 92.8 cm³/mol. The van der Waals surface area contributed by atoms with Crippen molar-refractivity contribution in [2.24, 2.45) is 0 Å². The van der Waals surface area contributed by atoms with Gasteiger partial charge in [-0.15, -0.1) is 0 Å². The number of amides is 3. The Morgan fingerprint density at radius 2 is 2.04 bits per heavy atom. The average molecular weight is 340 g/mol. The van der Waals surface area contributed by atoms with Crippen molar-refractivity contribution in [3.63, 3.8) is 0 Å². The van der Waals surface area contributed by atoms with Crippen LogP contribution in [0, 0.1) is 0 Å². The lowest BCUT2D eigenvalue weighted by molar-refractivity contribution is -0.147. The van der Waals surface area contributed by atoms with Crippen LogP contribution in [0.4, 0.5) is 0 Å². The molecule has 0 bridgehead atoms.